The molecule has 46 heavy (non-hydrogen) atoms. The lowest BCUT2D eigenvalue weighted by Crippen LogP contribution is -2.69. The van der Waals surface area contributed by atoms with Gasteiger partial charge >= 0.3 is 0 Å². The highest BCUT2D eigenvalue weighted by Gasteiger charge is 2.10. The molecule has 6 nitrogen and oxygen atoms in total. The van der Waals surface area contributed by atoms with E-state index in [1.165, 1.54) is 28.1 Å². The van der Waals surface area contributed by atoms with E-state index in [0.717, 1.165) is 82.5 Å². The van der Waals surface area contributed by atoms with Crippen molar-refractivity contribution in [3.05, 3.63) is 120 Å². The van der Waals surface area contributed by atoms with E-state index in [4.69, 9.17) is 0 Å². The molecule has 2 fully saturated rings. The molecule has 2 aliphatic rings. The van der Waals surface area contributed by atoms with Gasteiger partial charge in [0, 0.05) is 81.9 Å². The number of aromatic nitrogens is 1. The van der Waals surface area contributed by atoms with Gasteiger partial charge in [-0.3, -0.25) is 0 Å². The van der Waals surface area contributed by atoms with Crippen LogP contribution in [0.4, 0.5) is 11.4 Å². The zero-order valence-corrected chi connectivity index (χ0v) is 28.5. The van der Waals surface area contributed by atoms with E-state index in [1.807, 2.05) is 33.9 Å². The number of nitrogens with zero attached hydrogens (tertiary/aromatic N) is 3. The number of allylic oxidation sites excluding steroid dienone is 4. The Bertz CT molecular complexity index is 1450. The van der Waals surface area contributed by atoms with Crippen LogP contribution >= 0.6 is 21.6 Å². The van der Waals surface area contributed by atoms with E-state index in [0.29, 0.717) is 0 Å². The van der Waals surface area contributed by atoms with E-state index < -0.39 is 0 Å². The van der Waals surface area contributed by atoms with Crippen molar-refractivity contribution >= 4 is 57.4 Å². The van der Waals surface area contributed by atoms with Crippen LogP contribution in [0, 0.1) is 0 Å². The molecule has 5 rings (SSSR count). The lowest BCUT2D eigenvalue weighted by Gasteiger charge is -2.29. The summed E-state index contributed by atoms with van der Waals surface area (Å²) in [5.74, 6) is 2.13. The van der Waals surface area contributed by atoms with Crippen molar-refractivity contribution in [1.29, 1.82) is 0 Å². The van der Waals surface area contributed by atoms with Crippen molar-refractivity contribution in [2.45, 2.75) is 6.54 Å². The van der Waals surface area contributed by atoms with Crippen LogP contribution in [0.15, 0.2) is 103 Å². The van der Waals surface area contributed by atoms with E-state index >= 15 is 0 Å². The second-order valence-corrected chi connectivity index (χ2v) is 14.0. The topological polar surface area (TPSA) is 48.4 Å². The molecule has 1 aromatic heterocycles. The molecule has 2 aromatic carbocycles. The molecule has 2 aliphatic heterocycles. The Morgan fingerprint density at radius 1 is 0.717 bits per heavy atom. The first-order valence-corrected chi connectivity index (χ1v) is 18.9. The lowest BCUT2D eigenvalue weighted by atomic mass is 10.1. The Kier molecular flexibility index (Phi) is 14.1. The summed E-state index contributed by atoms with van der Waals surface area (Å²) in [7, 11) is 3.84. The predicted molar refractivity (Wildman–Crippen MR) is 203 cm³/mol. The average Bonchev–Trinajstić information content (AvgIpc) is 3.13. The van der Waals surface area contributed by atoms with Gasteiger partial charge in [0.05, 0.1) is 11.5 Å². The van der Waals surface area contributed by atoms with Crippen LogP contribution in [-0.2, 0) is 6.54 Å². The Hall–Kier alpha value is -3.56. The predicted octanol–water partition coefficient (Wildman–Crippen LogP) is 4.32. The lowest BCUT2D eigenvalue weighted by molar-refractivity contribution is -0.692. The third-order valence-electron chi connectivity index (χ3n) is 8.08. The molecule has 3 heterocycles. The third-order valence-corrected chi connectivity index (χ3v) is 10.5. The van der Waals surface area contributed by atoms with Crippen LogP contribution in [0.25, 0.3) is 18.2 Å². The van der Waals surface area contributed by atoms with Crippen molar-refractivity contribution < 1.29 is 9.56 Å². The van der Waals surface area contributed by atoms with Gasteiger partial charge < -0.3 is 20.4 Å². The van der Waals surface area contributed by atoms with Crippen LogP contribution in [0.1, 0.15) is 16.7 Å². The summed E-state index contributed by atoms with van der Waals surface area (Å²) in [5.41, 5.74) is 7.34. The van der Waals surface area contributed by atoms with Crippen molar-refractivity contribution in [2.75, 3.05) is 80.2 Å². The second kappa shape index (κ2) is 19.2. The molecule has 3 N–H and O–H groups in total. The van der Waals surface area contributed by atoms with Crippen molar-refractivity contribution in [2.24, 2.45) is 0 Å². The third kappa shape index (κ3) is 11.4. The van der Waals surface area contributed by atoms with Crippen molar-refractivity contribution in [1.82, 2.24) is 10.6 Å². The largest absolute Gasteiger partial charge is 0.369 e. The second-order valence-electron chi connectivity index (χ2n) is 11.3. The van der Waals surface area contributed by atoms with Gasteiger partial charge in [-0.25, -0.2) is 9.56 Å². The number of hydrogen-bond donors (Lipinski definition) is 3. The molecule has 0 saturated carbocycles. The van der Waals surface area contributed by atoms with Gasteiger partial charge in [0.25, 0.3) is 0 Å². The minimum absolute atomic E-state index is 0.933. The molecular weight excluding hydrogens is 605 g/mol. The first kappa shape index (κ1) is 33.8. The van der Waals surface area contributed by atoms with Crippen LogP contribution in [-0.4, -0.2) is 76.6 Å². The molecule has 3 aromatic rings. The number of hydrogen-bond acceptors (Lipinski definition) is 6. The van der Waals surface area contributed by atoms with Crippen molar-refractivity contribution in [3.8, 4) is 0 Å². The monoisotopic (exact) mass is 652 g/mol. The number of aryl methyl sites for hydroxylation is 1. The molecule has 0 bridgehead atoms. The summed E-state index contributed by atoms with van der Waals surface area (Å²) < 4.78 is 2.26. The highest BCUT2D eigenvalue weighted by molar-refractivity contribution is 8.76. The molecule has 0 aliphatic carbocycles. The molecule has 0 radical (unpaired) electrons. The number of rotatable bonds is 15. The number of nitrogens with one attached hydrogen (secondary N) is 3. The van der Waals surface area contributed by atoms with Gasteiger partial charge in [-0.2, -0.15) is 0 Å². The standard InChI is InChI=1S/C38H47N6S2/c1-2-33(3-4-34-7-11-37(12-8-34)43-26-19-40-20-27-43)15-18-39-23-31-45-46-32-30-42-24-16-36(17-25-42)6-5-35-9-13-38(14-10-35)44-28-21-41-22-29-44/h2-18,24-25,40-41H,1,19-23,26-32H2/q+1/p+1/b4-3+,33-15+,39-18?. The molecule has 8 heteroatoms. The highest BCUT2D eigenvalue weighted by atomic mass is 33.1. The molecule has 2 saturated heterocycles. The fourth-order valence-corrected chi connectivity index (χ4v) is 7.25. The van der Waals surface area contributed by atoms with E-state index in [9.17, 15) is 0 Å². The van der Waals surface area contributed by atoms with E-state index in [1.54, 1.807) is 0 Å². The maximum atomic E-state index is 3.97. The van der Waals surface area contributed by atoms with Crippen molar-refractivity contribution in [3.63, 3.8) is 0 Å². The number of piperazine rings is 2. The SMILES string of the molecule is C=CC(/C=C/c1ccc(N2CCNCC2)cc1)=C\C=[NH+]CCSSCC[n+]1ccc(/C=C/c2ccc(N3CCNCC3)cc2)cc1. The van der Waals surface area contributed by atoms with Gasteiger partial charge in [-0.15, -0.1) is 0 Å². The molecule has 0 spiro atoms. The maximum absolute atomic E-state index is 3.97. The van der Waals surface area contributed by atoms with Gasteiger partial charge in [0.15, 0.2) is 31.7 Å². The van der Waals surface area contributed by atoms with Gasteiger partial charge in [-0.05, 0) is 46.5 Å². The van der Waals surface area contributed by atoms with Gasteiger partial charge in [0.2, 0.25) is 0 Å². The molecule has 240 valence electrons. The first-order chi connectivity index (χ1) is 22.8. The fourth-order valence-electron chi connectivity index (χ4n) is 5.34. The zero-order chi connectivity index (χ0) is 31.7. The summed E-state index contributed by atoms with van der Waals surface area (Å²) in [6.07, 6.45) is 19.0. The Morgan fingerprint density at radius 3 is 1.80 bits per heavy atom. The quantitative estimate of drug-likeness (QED) is 0.0748. The minimum Gasteiger partial charge on any atom is -0.369 e. The van der Waals surface area contributed by atoms with E-state index in [-0.39, 0.29) is 0 Å². The first-order valence-electron chi connectivity index (χ1n) is 16.4. The Labute approximate surface area is 283 Å². The summed E-state index contributed by atoms with van der Waals surface area (Å²) in [5, 5.41) is 6.82. The fraction of sp³-hybridized carbons (Fsp3) is 0.316. The summed E-state index contributed by atoms with van der Waals surface area (Å²) in [6, 6.07) is 22.1. The maximum Gasteiger partial charge on any atom is 0.169 e. The number of benzene rings is 2. The zero-order valence-electron chi connectivity index (χ0n) is 26.8. The minimum atomic E-state index is 0.933. The molecule has 0 atom stereocenters. The summed E-state index contributed by atoms with van der Waals surface area (Å²) >= 11 is 0. The highest BCUT2D eigenvalue weighted by Crippen LogP contribution is 2.20. The molecule has 0 unspecified atom stereocenters. The Morgan fingerprint density at radius 2 is 1.24 bits per heavy atom. The van der Waals surface area contributed by atoms with Crippen LogP contribution in [0.2, 0.25) is 0 Å². The summed E-state index contributed by atoms with van der Waals surface area (Å²) in [6.45, 7) is 14.4. The number of pyridine rings is 1. The van der Waals surface area contributed by atoms with Crippen LogP contribution < -0.4 is 30.0 Å². The molecular formula is C38H48N6S2+2. The normalized spacial score (nSPS) is 16.2. The smallest absolute Gasteiger partial charge is 0.169 e. The van der Waals surface area contributed by atoms with E-state index in [2.05, 4.69) is 140 Å². The van der Waals surface area contributed by atoms with Crippen LogP contribution in [0.5, 0.6) is 0 Å². The van der Waals surface area contributed by atoms with Crippen LogP contribution in [0.3, 0.4) is 0 Å². The molecule has 0 amide bonds. The summed E-state index contributed by atoms with van der Waals surface area (Å²) in [4.78, 5) is 8.28. The van der Waals surface area contributed by atoms with Gasteiger partial charge in [-0.1, -0.05) is 82.8 Å². The van der Waals surface area contributed by atoms with Gasteiger partial charge in [0.1, 0.15) is 0 Å². The number of anilines is 2. The average molecular weight is 653 g/mol. The Balaban J connectivity index is 0.944.